The third-order valence-corrected chi connectivity index (χ3v) is 9.66. The fraction of sp³-hybridized carbons (Fsp3) is 0.593. The number of halogens is 1. The molecule has 4 aliphatic carbocycles. The van der Waals surface area contributed by atoms with E-state index in [1.807, 2.05) is 0 Å². The Labute approximate surface area is 189 Å². The Morgan fingerprint density at radius 1 is 1.00 bits per heavy atom. The first-order valence-corrected chi connectivity index (χ1v) is 12.4. The second kappa shape index (κ2) is 7.36. The predicted molar refractivity (Wildman–Crippen MR) is 125 cm³/mol. The van der Waals surface area contributed by atoms with Crippen LogP contribution in [-0.2, 0) is 9.53 Å². The lowest BCUT2D eigenvalue weighted by Crippen LogP contribution is -2.50. The van der Waals surface area contributed by atoms with Crippen molar-refractivity contribution in [2.75, 3.05) is 0 Å². The molecule has 30 heavy (non-hydrogen) atoms. The van der Waals surface area contributed by atoms with Gasteiger partial charge in [0.15, 0.2) is 0 Å². The van der Waals surface area contributed by atoms with Gasteiger partial charge in [-0.1, -0.05) is 59.6 Å². The second-order valence-electron chi connectivity index (χ2n) is 10.6. The fourth-order valence-electron chi connectivity index (χ4n) is 7.61. The molecule has 0 amide bonds. The number of benzene rings is 1. The van der Waals surface area contributed by atoms with Crippen LogP contribution in [0.15, 0.2) is 46.5 Å². The first-order chi connectivity index (χ1) is 14.3. The van der Waals surface area contributed by atoms with E-state index >= 15 is 0 Å². The molecule has 0 N–H and O–H groups in total. The highest BCUT2D eigenvalue weighted by molar-refractivity contribution is 9.10. The van der Waals surface area contributed by atoms with Crippen molar-refractivity contribution in [2.45, 2.75) is 71.8 Å². The van der Waals surface area contributed by atoms with Gasteiger partial charge in [0, 0.05) is 17.8 Å². The first-order valence-electron chi connectivity index (χ1n) is 11.6. The molecular weight excluding hydrogens is 436 g/mol. The summed E-state index contributed by atoms with van der Waals surface area (Å²) in [7, 11) is 0. The number of hydrogen-bond acceptors (Lipinski definition) is 2. The Morgan fingerprint density at radius 3 is 2.47 bits per heavy atom. The topological polar surface area (TPSA) is 26.3 Å². The molecule has 0 radical (unpaired) electrons. The molecule has 2 nitrogen and oxygen atoms in total. The van der Waals surface area contributed by atoms with E-state index in [1.54, 1.807) is 11.1 Å². The number of ether oxygens (including phenoxy) is 1. The molecule has 4 aliphatic rings. The molecular formula is C27H33BrO2. The Balaban J connectivity index is 1.40. The quantitative estimate of drug-likeness (QED) is 0.335. The van der Waals surface area contributed by atoms with Crippen molar-refractivity contribution in [3.63, 3.8) is 0 Å². The number of hydrogen-bond donors (Lipinski definition) is 0. The monoisotopic (exact) mass is 468 g/mol. The fourth-order valence-corrected chi connectivity index (χ4v) is 7.87. The summed E-state index contributed by atoms with van der Waals surface area (Å²) in [5.41, 5.74) is 5.15. The summed E-state index contributed by atoms with van der Waals surface area (Å²) < 4.78 is 6.74. The Kier molecular flexibility index (Phi) is 5.04. The van der Waals surface area contributed by atoms with Crippen molar-refractivity contribution in [2.24, 2.45) is 28.6 Å². The molecule has 0 unspecified atom stereocenters. The average molecular weight is 469 g/mol. The molecule has 3 heteroatoms. The summed E-state index contributed by atoms with van der Waals surface area (Å²) >= 11 is 3.58. The lowest BCUT2D eigenvalue weighted by Gasteiger charge is -2.57. The molecule has 0 aromatic heterocycles. The minimum Gasteiger partial charge on any atom is -0.462 e. The van der Waals surface area contributed by atoms with E-state index in [-0.39, 0.29) is 12.1 Å². The maximum absolute atomic E-state index is 11.5. The van der Waals surface area contributed by atoms with Gasteiger partial charge in [0.05, 0.1) is 0 Å². The largest absolute Gasteiger partial charge is 0.462 e. The molecule has 160 valence electrons. The van der Waals surface area contributed by atoms with Gasteiger partial charge in [-0.25, -0.2) is 0 Å². The smallest absolute Gasteiger partial charge is 0.302 e. The van der Waals surface area contributed by atoms with Crippen molar-refractivity contribution in [3.05, 3.63) is 52.0 Å². The summed E-state index contributed by atoms with van der Waals surface area (Å²) in [5, 5.41) is 0. The maximum Gasteiger partial charge on any atom is 0.302 e. The van der Waals surface area contributed by atoms with Crippen molar-refractivity contribution in [1.82, 2.24) is 0 Å². The van der Waals surface area contributed by atoms with Crippen LogP contribution in [0.1, 0.15) is 71.3 Å². The highest BCUT2D eigenvalue weighted by Gasteiger charge is 2.56. The zero-order chi connectivity index (χ0) is 21.1. The molecule has 5 rings (SSSR count). The van der Waals surface area contributed by atoms with Crippen LogP contribution in [0, 0.1) is 28.6 Å². The van der Waals surface area contributed by atoms with Crippen molar-refractivity contribution < 1.29 is 9.53 Å². The van der Waals surface area contributed by atoms with Gasteiger partial charge < -0.3 is 4.74 Å². The third kappa shape index (κ3) is 3.15. The van der Waals surface area contributed by atoms with Gasteiger partial charge >= 0.3 is 5.97 Å². The van der Waals surface area contributed by atoms with Gasteiger partial charge in [0.1, 0.15) is 6.10 Å². The predicted octanol–water partition coefficient (Wildman–Crippen LogP) is 7.34. The normalized spacial score (nSPS) is 39.9. The van der Waals surface area contributed by atoms with Crippen LogP contribution >= 0.6 is 15.9 Å². The Bertz CT molecular complexity index is 913. The number of rotatable bonds is 2. The van der Waals surface area contributed by atoms with E-state index in [2.05, 4.69) is 66.2 Å². The molecule has 0 heterocycles. The molecule has 2 saturated carbocycles. The van der Waals surface area contributed by atoms with Crippen LogP contribution in [0.2, 0.25) is 0 Å². The highest BCUT2D eigenvalue weighted by atomic mass is 79.9. The van der Waals surface area contributed by atoms with Gasteiger partial charge in [0.25, 0.3) is 0 Å². The maximum atomic E-state index is 11.5. The zero-order valence-corrected chi connectivity index (χ0v) is 20.0. The number of fused-ring (bicyclic) bond motifs is 5. The number of allylic oxidation sites excluding steroid dienone is 3. The van der Waals surface area contributed by atoms with E-state index in [0.717, 1.165) is 41.5 Å². The molecule has 6 atom stereocenters. The summed E-state index contributed by atoms with van der Waals surface area (Å²) in [6, 6.07) is 8.92. The first kappa shape index (κ1) is 20.5. The van der Waals surface area contributed by atoms with Gasteiger partial charge in [-0.05, 0) is 90.4 Å². The van der Waals surface area contributed by atoms with E-state index in [4.69, 9.17) is 4.74 Å². The minimum atomic E-state index is -0.135. The highest BCUT2D eigenvalue weighted by Crippen LogP contribution is 2.66. The third-order valence-electron chi connectivity index (χ3n) is 9.13. The Morgan fingerprint density at radius 2 is 1.73 bits per heavy atom. The lowest BCUT2D eigenvalue weighted by molar-refractivity contribution is -0.148. The minimum absolute atomic E-state index is 0.0874. The SMILES string of the molecule is CC(=O)O[C@H]1CC[C@@]2(C)C(=CC[C@@H]3[C@@H]2CC[C@]2(C)C(c4ccc(Br)cc4)=CC[C@@H]32)C1. The molecule has 0 aliphatic heterocycles. The molecule has 0 spiro atoms. The number of esters is 1. The summed E-state index contributed by atoms with van der Waals surface area (Å²) in [6.45, 7) is 6.59. The van der Waals surface area contributed by atoms with E-state index < -0.39 is 0 Å². The van der Waals surface area contributed by atoms with Crippen LogP contribution in [0.25, 0.3) is 5.57 Å². The molecule has 0 bridgehead atoms. The standard InChI is InChI=1S/C27H33BrO2/c1-17(29)30-21-12-14-26(2)19(16-21)6-9-22-24-11-10-23(18-4-7-20(28)8-5-18)27(24,3)15-13-25(22)26/h4-8,10,21-22,24-25H,9,11-16H2,1-3H3/t21-,22-,24-,25-,26-,27+/m0/s1. The molecule has 1 aromatic rings. The zero-order valence-electron chi connectivity index (χ0n) is 18.4. The Hall–Kier alpha value is -1.35. The number of carbonyl (C=O) groups excluding carboxylic acids is 1. The molecule has 1 aromatic carbocycles. The van der Waals surface area contributed by atoms with Gasteiger partial charge in [0.2, 0.25) is 0 Å². The van der Waals surface area contributed by atoms with Crippen molar-refractivity contribution in [1.29, 1.82) is 0 Å². The van der Waals surface area contributed by atoms with Crippen LogP contribution in [-0.4, -0.2) is 12.1 Å². The van der Waals surface area contributed by atoms with E-state index in [0.29, 0.717) is 10.8 Å². The van der Waals surface area contributed by atoms with Crippen LogP contribution < -0.4 is 0 Å². The van der Waals surface area contributed by atoms with Crippen LogP contribution in [0.3, 0.4) is 0 Å². The lowest BCUT2D eigenvalue weighted by atomic mass is 9.47. The second-order valence-corrected chi connectivity index (χ2v) is 11.5. The van der Waals surface area contributed by atoms with E-state index in [1.165, 1.54) is 38.2 Å². The summed E-state index contributed by atoms with van der Waals surface area (Å²) in [4.78, 5) is 11.5. The van der Waals surface area contributed by atoms with Gasteiger partial charge in [-0.3, -0.25) is 4.79 Å². The van der Waals surface area contributed by atoms with Gasteiger partial charge in [-0.15, -0.1) is 0 Å². The van der Waals surface area contributed by atoms with E-state index in [9.17, 15) is 4.79 Å². The van der Waals surface area contributed by atoms with Crippen molar-refractivity contribution in [3.8, 4) is 0 Å². The number of carbonyl (C=O) groups is 1. The van der Waals surface area contributed by atoms with Crippen LogP contribution in [0.5, 0.6) is 0 Å². The summed E-state index contributed by atoms with van der Waals surface area (Å²) in [5.74, 6) is 2.15. The molecule has 0 saturated heterocycles. The van der Waals surface area contributed by atoms with Crippen LogP contribution in [0.4, 0.5) is 0 Å². The van der Waals surface area contributed by atoms with Gasteiger partial charge in [-0.2, -0.15) is 0 Å². The molecule has 2 fully saturated rings. The average Bonchev–Trinajstić information content (AvgIpc) is 3.06. The van der Waals surface area contributed by atoms with Crippen molar-refractivity contribution >= 4 is 27.5 Å². The summed E-state index contributed by atoms with van der Waals surface area (Å²) in [6.07, 6.45) is 13.3.